The van der Waals surface area contributed by atoms with E-state index in [0.717, 1.165) is 31.4 Å². The van der Waals surface area contributed by atoms with Crippen molar-refractivity contribution in [2.24, 2.45) is 0 Å². The number of nitrogens with one attached hydrogen (secondary N) is 1. The van der Waals surface area contributed by atoms with Gasteiger partial charge in [-0.1, -0.05) is 49.8 Å². The van der Waals surface area contributed by atoms with Crippen molar-refractivity contribution in [3.05, 3.63) is 44.7 Å². The van der Waals surface area contributed by atoms with Crippen LogP contribution in [-0.4, -0.2) is 38.1 Å². The van der Waals surface area contributed by atoms with Crippen LogP contribution in [0.2, 0.25) is 0 Å². The van der Waals surface area contributed by atoms with Gasteiger partial charge in [-0.05, 0) is 31.1 Å². The Kier molecular flexibility index (Phi) is 5.96. The van der Waals surface area contributed by atoms with Crippen LogP contribution in [0.4, 0.5) is 5.82 Å². The van der Waals surface area contributed by atoms with E-state index in [1.807, 2.05) is 19.1 Å². The maximum absolute atomic E-state index is 13.1. The number of carbonyl (C=O) groups excluding carboxylic acids is 1. The molecule has 8 heteroatoms. The van der Waals surface area contributed by atoms with Crippen LogP contribution in [0.25, 0.3) is 11.7 Å². The summed E-state index contributed by atoms with van der Waals surface area (Å²) in [6.07, 6.45) is 6.50. The largest absolute Gasteiger partial charge is 0.369 e. The molecule has 1 N–H and O–H groups in total. The molecule has 0 aliphatic carbocycles. The van der Waals surface area contributed by atoms with E-state index < -0.39 is 0 Å². The predicted molar refractivity (Wildman–Crippen MR) is 115 cm³/mol. The van der Waals surface area contributed by atoms with Crippen molar-refractivity contribution in [2.75, 3.05) is 18.9 Å². The molecule has 1 fully saturated rings. The number of anilines is 1. The van der Waals surface area contributed by atoms with E-state index in [1.54, 1.807) is 19.3 Å². The van der Waals surface area contributed by atoms with E-state index in [9.17, 15) is 9.59 Å². The Balaban J connectivity index is 2.11. The number of aromatic nitrogens is 2. The Bertz CT molecular complexity index is 997. The fraction of sp³-hybridized carbons (Fsp3) is 0.368. The molecule has 3 heterocycles. The number of carbonyl (C=O) groups is 1. The van der Waals surface area contributed by atoms with Crippen molar-refractivity contribution in [1.82, 2.24) is 14.3 Å². The van der Waals surface area contributed by atoms with Gasteiger partial charge in [0.25, 0.3) is 11.5 Å². The molecule has 1 saturated heterocycles. The highest BCUT2D eigenvalue weighted by Gasteiger charge is 2.29. The maximum atomic E-state index is 13.1. The molecular formula is C19H22N4O2S2. The number of rotatable bonds is 6. The Labute approximate surface area is 167 Å². The number of thiocarbonyl (C=S) groups is 1. The van der Waals surface area contributed by atoms with Crippen molar-refractivity contribution >= 4 is 51.7 Å². The number of likely N-dealkylation sites (N-methyl/N-ethyl adjacent to an activating group) is 1. The van der Waals surface area contributed by atoms with Gasteiger partial charge in [-0.15, -0.1) is 0 Å². The van der Waals surface area contributed by atoms with Crippen molar-refractivity contribution < 1.29 is 4.79 Å². The highest BCUT2D eigenvalue weighted by Crippen LogP contribution is 2.31. The van der Waals surface area contributed by atoms with E-state index in [-0.39, 0.29) is 11.5 Å². The third-order valence-corrected chi connectivity index (χ3v) is 5.90. The molecule has 142 valence electrons. The Morgan fingerprint density at radius 1 is 1.33 bits per heavy atom. The highest BCUT2D eigenvalue weighted by molar-refractivity contribution is 8.26. The minimum absolute atomic E-state index is 0.198. The van der Waals surface area contributed by atoms with Gasteiger partial charge in [0.05, 0.1) is 10.5 Å². The smallest absolute Gasteiger partial charge is 0.267 e. The fourth-order valence-electron chi connectivity index (χ4n) is 2.83. The zero-order valence-electron chi connectivity index (χ0n) is 15.6. The summed E-state index contributed by atoms with van der Waals surface area (Å²) in [4.78, 5) is 32.0. The maximum Gasteiger partial charge on any atom is 0.267 e. The van der Waals surface area contributed by atoms with E-state index in [4.69, 9.17) is 12.2 Å². The number of thioether (sulfide) groups is 1. The first-order chi connectivity index (χ1) is 12.9. The molecule has 2 aromatic rings. The van der Waals surface area contributed by atoms with E-state index in [0.29, 0.717) is 26.3 Å². The van der Waals surface area contributed by atoms with Crippen molar-refractivity contribution in [2.45, 2.75) is 33.1 Å². The highest BCUT2D eigenvalue weighted by atomic mass is 32.2. The molecule has 2 aromatic heterocycles. The number of hydrogen-bond acceptors (Lipinski definition) is 6. The number of hydrogen-bond donors (Lipinski definition) is 1. The lowest BCUT2D eigenvalue weighted by Gasteiger charge is -2.12. The molecule has 6 nitrogen and oxygen atoms in total. The molecule has 0 saturated carbocycles. The second-order valence-corrected chi connectivity index (χ2v) is 8.11. The zero-order chi connectivity index (χ0) is 19.6. The number of unbranched alkanes of at least 4 members (excludes halogenated alkanes) is 2. The van der Waals surface area contributed by atoms with Crippen LogP contribution < -0.4 is 10.9 Å². The number of aryl methyl sites for hydroxylation is 1. The normalized spacial score (nSPS) is 16.0. The first kappa shape index (κ1) is 19.6. The number of nitrogens with zero attached hydrogens (tertiary/aromatic N) is 3. The molecule has 1 amide bonds. The van der Waals surface area contributed by atoms with Gasteiger partial charge in [0.15, 0.2) is 0 Å². The standard InChI is InChI=1S/C19H22N4O2S2/c1-4-5-6-9-20-15-13(11-14-18(25)22(3)19(26)27-14)17(24)23-10-7-8-12(2)16(23)21-15/h7-8,10-11,20H,4-6,9H2,1-3H3/b14-11+. The summed E-state index contributed by atoms with van der Waals surface area (Å²) in [5.41, 5.74) is 1.70. The summed E-state index contributed by atoms with van der Waals surface area (Å²) in [5, 5.41) is 3.28. The SMILES string of the molecule is CCCCCNc1nc2c(C)cccn2c(=O)c1/C=C1/SC(=S)N(C)C1=O. The lowest BCUT2D eigenvalue weighted by molar-refractivity contribution is -0.121. The topological polar surface area (TPSA) is 66.7 Å². The number of fused-ring (bicyclic) bond motifs is 1. The van der Waals surface area contributed by atoms with Crippen LogP contribution in [0.3, 0.4) is 0 Å². The van der Waals surface area contributed by atoms with Crippen LogP contribution in [-0.2, 0) is 4.79 Å². The minimum atomic E-state index is -0.205. The van der Waals surface area contributed by atoms with Crippen LogP contribution in [0.5, 0.6) is 0 Å². The molecular weight excluding hydrogens is 380 g/mol. The quantitative estimate of drug-likeness (QED) is 0.454. The summed E-state index contributed by atoms with van der Waals surface area (Å²) >= 11 is 6.38. The van der Waals surface area contributed by atoms with Gasteiger partial charge in [-0.3, -0.25) is 18.9 Å². The molecule has 1 aliphatic rings. The number of pyridine rings is 1. The van der Waals surface area contributed by atoms with E-state index in [2.05, 4.69) is 17.2 Å². The zero-order valence-corrected chi connectivity index (χ0v) is 17.2. The Morgan fingerprint density at radius 2 is 2.11 bits per heavy atom. The summed E-state index contributed by atoms with van der Waals surface area (Å²) in [6, 6.07) is 3.74. The summed E-state index contributed by atoms with van der Waals surface area (Å²) < 4.78 is 2.00. The molecule has 1 aliphatic heterocycles. The summed E-state index contributed by atoms with van der Waals surface area (Å²) in [7, 11) is 1.64. The van der Waals surface area contributed by atoms with Crippen LogP contribution >= 0.6 is 24.0 Å². The van der Waals surface area contributed by atoms with Crippen LogP contribution in [0.15, 0.2) is 28.0 Å². The van der Waals surface area contributed by atoms with Gasteiger partial charge in [-0.25, -0.2) is 4.98 Å². The summed E-state index contributed by atoms with van der Waals surface area (Å²) in [5.74, 6) is 0.308. The Morgan fingerprint density at radius 3 is 2.78 bits per heavy atom. The van der Waals surface area contributed by atoms with Gasteiger partial charge >= 0.3 is 0 Å². The van der Waals surface area contributed by atoms with E-state index >= 15 is 0 Å². The molecule has 0 atom stereocenters. The minimum Gasteiger partial charge on any atom is -0.369 e. The van der Waals surface area contributed by atoms with Gasteiger partial charge in [0.2, 0.25) is 0 Å². The molecule has 27 heavy (non-hydrogen) atoms. The van der Waals surface area contributed by atoms with Crippen LogP contribution in [0.1, 0.15) is 37.3 Å². The lowest BCUT2D eigenvalue weighted by atomic mass is 10.2. The third-order valence-electron chi connectivity index (χ3n) is 4.42. The molecule has 0 spiro atoms. The molecule has 0 aromatic carbocycles. The van der Waals surface area contributed by atoms with Crippen molar-refractivity contribution in [3.63, 3.8) is 0 Å². The van der Waals surface area contributed by atoms with Crippen molar-refractivity contribution in [3.8, 4) is 0 Å². The van der Waals surface area contributed by atoms with Crippen LogP contribution in [0, 0.1) is 6.92 Å². The average Bonchev–Trinajstić information content (AvgIpc) is 2.89. The van der Waals surface area contributed by atoms with Crippen molar-refractivity contribution in [1.29, 1.82) is 0 Å². The second-order valence-electron chi connectivity index (χ2n) is 6.44. The lowest BCUT2D eigenvalue weighted by Crippen LogP contribution is -2.23. The molecule has 0 radical (unpaired) electrons. The first-order valence-electron chi connectivity index (χ1n) is 8.91. The predicted octanol–water partition coefficient (Wildman–Crippen LogP) is 3.44. The fourth-order valence-corrected chi connectivity index (χ4v) is 4.00. The number of amides is 1. The molecule has 0 bridgehead atoms. The van der Waals surface area contributed by atoms with Gasteiger partial charge < -0.3 is 5.32 Å². The Hall–Kier alpha value is -2.19. The van der Waals surface area contributed by atoms with Gasteiger partial charge in [-0.2, -0.15) is 0 Å². The average molecular weight is 403 g/mol. The summed E-state index contributed by atoms with van der Waals surface area (Å²) in [6.45, 7) is 4.78. The van der Waals surface area contributed by atoms with E-state index in [1.165, 1.54) is 21.1 Å². The second kappa shape index (κ2) is 8.22. The van der Waals surface area contributed by atoms with Gasteiger partial charge in [0, 0.05) is 19.8 Å². The molecule has 3 rings (SSSR count). The van der Waals surface area contributed by atoms with Gasteiger partial charge in [0.1, 0.15) is 15.8 Å². The monoisotopic (exact) mass is 402 g/mol. The third kappa shape index (κ3) is 3.91. The first-order valence-corrected chi connectivity index (χ1v) is 10.1. The molecule has 0 unspecified atom stereocenters.